The van der Waals surface area contributed by atoms with Gasteiger partial charge < -0.3 is 4.90 Å². The Labute approximate surface area is 136 Å². The van der Waals surface area contributed by atoms with Gasteiger partial charge in [0.2, 0.25) is 5.91 Å². The van der Waals surface area contributed by atoms with Crippen molar-refractivity contribution in [2.45, 2.75) is 11.7 Å². The molecule has 2 aromatic rings. The average molecular weight is 329 g/mol. The van der Waals surface area contributed by atoms with Crippen molar-refractivity contribution in [1.29, 1.82) is 0 Å². The molecule has 1 atom stereocenters. The first kappa shape index (κ1) is 15.7. The maximum Gasteiger partial charge on any atom is 0.227 e. The van der Waals surface area contributed by atoms with Crippen LogP contribution in [0.25, 0.3) is 0 Å². The third kappa shape index (κ3) is 3.62. The number of hydrogen-bond acceptors (Lipinski definition) is 3. The second-order valence-corrected chi connectivity index (χ2v) is 8.07. The molecule has 1 fully saturated rings. The van der Waals surface area contributed by atoms with Gasteiger partial charge in [-0.2, -0.15) is 0 Å². The molecule has 5 heteroatoms. The predicted octanol–water partition coefficient (Wildman–Crippen LogP) is 2.23. The summed E-state index contributed by atoms with van der Waals surface area (Å²) >= 11 is 0. The summed E-state index contributed by atoms with van der Waals surface area (Å²) in [6.45, 7) is 0.509. The second-order valence-electron chi connectivity index (χ2n) is 5.77. The second kappa shape index (κ2) is 6.54. The number of rotatable bonds is 3. The highest BCUT2D eigenvalue weighted by Gasteiger charge is 2.35. The van der Waals surface area contributed by atoms with Gasteiger partial charge in [-0.25, -0.2) is 8.42 Å². The highest BCUT2D eigenvalue weighted by atomic mass is 32.2. The van der Waals surface area contributed by atoms with Gasteiger partial charge in [-0.3, -0.25) is 4.79 Å². The number of carbonyl (C=O) groups is 1. The normalized spacial score (nSPS) is 20.2. The molecule has 0 aliphatic carbocycles. The third-order valence-electron chi connectivity index (χ3n) is 4.19. The third-order valence-corrected chi connectivity index (χ3v) is 6.23. The Morgan fingerprint density at radius 3 is 2.26 bits per heavy atom. The molecular formula is C18H19NO3S. The van der Waals surface area contributed by atoms with E-state index in [1.807, 2.05) is 60.7 Å². The number of nitrogens with zero attached hydrogens (tertiary/aromatic N) is 1. The van der Waals surface area contributed by atoms with E-state index in [2.05, 4.69) is 0 Å². The molecule has 120 valence electrons. The maximum atomic E-state index is 12.5. The van der Waals surface area contributed by atoms with Crippen LogP contribution in [-0.2, 0) is 21.1 Å². The molecule has 1 aliphatic rings. The quantitative estimate of drug-likeness (QED) is 0.868. The van der Waals surface area contributed by atoms with Crippen LogP contribution in [0.2, 0.25) is 0 Å². The van der Waals surface area contributed by atoms with Gasteiger partial charge in [-0.1, -0.05) is 60.7 Å². The van der Waals surface area contributed by atoms with Gasteiger partial charge in [0.05, 0.1) is 12.2 Å². The average Bonchev–Trinajstić information content (AvgIpc) is 2.56. The highest BCUT2D eigenvalue weighted by Crippen LogP contribution is 2.28. The summed E-state index contributed by atoms with van der Waals surface area (Å²) in [6.07, 6.45) is 0.308. The topological polar surface area (TPSA) is 54.5 Å². The van der Waals surface area contributed by atoms with Gasteiger partial charge in [-0.15, -0.1) is 0 Å². The van der Waals surface area contributed by atoms with Crippen LogP contribution in [-0.4, -0.2) is 38.1 Å². The fraction of sp³-hybridized carbons (Fsp3) is 0.278. The lowest BCUT2D eigenvalue weighted by Gasteiger charge is -2.33. The van der Waals surface area contributed by atoms with Crippen LogP contribution < -0.4 is 0 Å². The Kier molecular flexibility index (Phi) is 4.48. The van der Waals surface area contributed by atoms with Gasteiger partial charge in [0.25, 0.3) is 0 Å². The van der Waals surface area contributed by atoms with E-state index in [0.29, 0.717) is 6.42 Å². The molecule has 0 bridgehead atoms. The minimum absolute atomic E-state index is 0.0209. The SMILES string of the molecule is O=C(Cc1ccccc1)N1CCS(=O)(=O)C(c2ccccc2)C1. The summed E-state index contributed by atoms with van der Waals surface area (Å²) in [4.78, 5) is 14.2. The Bertz CT molecular complexity index is 772. The van der Waals surface area contributed by atoms with E-state index in [-0.39, 0.29) is 24.7 Å². The molecule has 2 aromatic carbocycles. The van der Waals surface area contributed by atoms with Crippen molar-refractivity contribution in [3.05, 3.63) is 71.8 Å². The zero-order chi connectivity index (χ0) is 16.3. The molecule has 23 heavy (non-hydrogen) atoms. The minimum atomic E-state index is -3.21. The lowest BCUT2D eigenvalue weighted by atomic mass is 10.1. The molecule has 1 heterocycles. The van der Waals surface area contributed by atoms with Crippen molar-refractivity contribution >= 4 is 15.7 Å². The van der Waals surface area contributed by atoms with Gasteiger partial charge >= 0.3 is 0 Å². The summed E-state index contributed by atoms with van der Waals surface area (Å²) < 4.78 is 24.7. The Morgan fingerprint density at radius 2 is 1.61 bits per heavy atom. The maximum absolute atomic E-state index is 12.5. The molecule has 3 rings (SSSR count). The van der Waals surface area contributed by atoms with E-state index in [9.17, 15) is 13.2 Å². The van der Waals surface area contributed by atoms with Crippen LogP contribution in [0.15, 0.2) is 60.7 Å². The zero-order valence-electron chi connectivity index (χ0n) is 12.8. The first-order valence-electron chi connectivity index (χ1n) is 7.64. The van der Waals surface area contributed by atoms with E-state index in [1.165, 1.54) is 0 Å². The molecular weight excluding hydrogens is 310 g/mol. The molecule has 0 saturated carbocycles. The lowest BCUT2D eigenvalue weighted by molar-refractivity contribution is -0.130. The molecule has 0 spiro atoms. The number of benzene rings is 2. The Morgan fingerprint density at radius 1 is 1.00 bits per heavy atom. The van der Waals surface area contributed by atoms with Gasteiger partial charge in [-0.05, 0) is 11.1 Å². The van der Waals surface area contributed by atoms with Crippen molar-refractivity contribution in [1.82, 2.24) is 4.90 Å². The van der Waals surface area contributed by atoms with Crippen LogP contribution in [0.1, 0.15) is 16.4 Å². The lowest BCUT2D eigenvalue weighted by Crippen LogP contribution is -2.46. The number of hydrogen-bond donors (Lipinski definition) is 0. The van der Waals surface area contributed by atoms with Crippen LogP contribution in [0.3, 0.4) is 0 Å². The monoisotopic (exact) mass is 329 g/mol. The van der Waals surface area contributed by atoms with E-state index in [1.54, 1.807) is 4.90 Å². The summed E-state index contributed by atoms with van der Waals surface area (Å²) in [5.41, 5.74) is 1.70. The van der Waals surface area contributed by atoms with E-state index < -0.39 is 15.1 Å². The van der Waals surface area contributed by atoms with Crippen molar-refractivity contribution in [2.24, 2.45) is 0 Å². The molecule has 1 saturated heterocycles. The van der Waals surface area contributed by atoms with Gasteiger partial charge in [0, 0.05) is 13.1 Å². The smallest absolute Gasteiger partial charge is 0.227 e. The van der Waals surface area contributed by atoms with Gasteiger partial charge in [0.15, 0.2) is 9.84 Å². The van der Waals surface area contributed by atoms with Crippen LogP contribution in [0.5, 0.6) is 0 Å². The fourth-order valence-electron chi connectivity index (χ4n) is 2.87. The first-order chi connectivity index (χ1) is 11.1. The molecule has 0 radical (unpaired) electrons. The molecule has 0 N–H and O–H groups in total. The van der Waals surface area contributed by atoms with Crippen LogP contribution in [0.4, 0.5) is 0 Å². The standard InChI is InChI=1S/C18H19NO3S/c20-18(13-15-7-3-1-4-8-15)19-11-12-23(21,22)17(14-19)16-9-5-2-6-10-16/h1-10,17H,11-14H2. The summed E-state index contributed by atoms with van der Waals surface area (Å²) in [6, 6.07) is 18.7. The van der Waals surface area contributed by atoms with E-state index >= 15 is 0 Å². The van der Waals surface area contributed by atoms with Crippen molar-refractivity contribution < 1.29 is 13.2 Å². The van der Waals surface area contributed by atoms with Crippen LogP contribution in [0, 0.1) is 0 Å². The van der Waals surface area contributed by atoms with Gasteiger partial charge in [0.1, 0.15) is 5.25 Å². The van der Waals surface area contributed by atoms with E-state index in [0.717, 1.165) is 11.1 Å². The molecule has 1 unspecified atom stereocenters. The number of sulfone groups is 1. The predicted molar refractivity (Wildman–Crippen MR) is 89.7 cm³/mol. The fourth-order valence-corrected chi connectivity index (χ4v) is 4.61. The van der Waals surface area contributed by atoms with Crippen molar-refractivity contribution in [2.75, 3.05) is 18.8 Å². The number of amides is 1. The van der Waals surface area contributed by atoms with E-state index in [4.69, 9.17) is 0 Å². The van der Waals surface area contributed by atoms with Crippen molar-refractivity contribution in [3.8, 4) is 0 Å². The summed E-state index contributed by atoms with van der Waals surface area (Å²) in [7, 11) is -3.21. The molecule has 4 nitrogen and oxygen atoms in total. The number of carbonyl (C=O) groups excluding carboxylic acids is 1. The van der Waals surface area contributed by atoms with Crippen LogP contribution >= 0.6 is 0 Å². The molecule has 0 aromatic heterocycles. The Balaban J connectivity index is 1.77. The summed E-state index contributed by atoms with van der Waals surface area (Å²) in [5, 5.41) is -0.628. The molecule has 1 aliphatic heterocycles. The zero-order valence-corrected chi connectivity index (χ0v) is 13.6. The van der Waals surface area contributed by atoms with Crippen molar-refractivity contribution in [3.63, 3.8) is 0 Å². The first-order valence-corrected chi connectivity index (χ1v) is 9.36. The summed E-state index contributed by atoms with van der Waals surface area (Å²) in [5.74, 6) is -0.000344. The minimum Gasteiger partial charge on any atom is -0.340 e. The molecule has 1 amide bonds. The largest absolute Gasteiger partial charge is 0.340 e. The Hall–Kier alpha value is -2.14. The highest BCUT2D eigenvalue weighted by molar-refractivity contribution is 7.91.